The summed E-state index contributed by atoms with van der Waals surface area (Å²) >= 11 is 0. The van der Waals surface area contributed by atoms with Crippen molar-refractivity contribution < 1.29 is 4.74 Å². The Labute approximate surface area is 68.1 Å². The molecule has 0 atom stereocenters. The molecule has 2 nitrogen and oxygen atoms in total. The summed E-state index contributed by atoms with van der Waals surface area (Å²) in [7, 11) is 0. The summed E-state index contributed by atoms with van der Waals surface area (Å²) in [5.41, 5.74) is 6.10. The second kappa shape index (κ2) is 2.76. The monoisotopic (exact) mass is 155 g/mol. The van der Waals surface area contributed by atoms with E-state index in [4.69, 9.17) is 10.5 Å². The van der Waals surface area contributed by atoms with Crippen LogP contribution in [0.3, 0.4) is 0 Å². The molecule has 1 saturated carbocycles. The predicted molar refractivity (Wildman–Crippen MR) is 44.4 cm³/mol. The number of rotatable bonds is 0. The van der Waals surface area contributed by atoms with E-state index in [-0.39, 0.29) is 5.60 Å². The van der Waals surface area contributed by atoms with E-state index in [0.717, 1.165) is 6.61 Å². The van der Waals surface area contributed by atoms with Crippen molar-refractivity contribution >= 4 is 0 Å². The first kappa shape index (κ1) is 7.56. The van der Waals surface area contributed by atoms with Crippen LogP contribution in [0, 0.1) is 0 Å². The van der Waals surface area contributed by atoms with Crippen molar-refractivity contribution in [1.29, 1.82) is 0 Å². The molecule has 0 aromatic carbocycles. The van der Waals surface area contributed by atoms with Gasteiger partial charge in [-0.2, -0.15) is 0 Å². The van der Waals surface area contributed by atoms with Gasteiger partial charge in [-0.25, -0.2) is 0 Å². The van der Waals surface area contributed by atoms with Gasteiger partial charge in [0.1, 0.15) is 0 Å². The Morgan fingerprint density at radius 1 is 1.18 bits per heavy atom. The lowest BCUT2D eigenvalue weighted by molar-refractivity contribution is -0.0275. The van der Waals surface area contributed by atoms with Crippen LogP contribution >= 0.6 is 0 Å². The second-order valence-electron chi connectivity index (χ2n) is 3.97. The van der Waals surface area contributed by atoms with Gasteiger partial charge in [0, 0.05) is 12.6 Å². The molecule has 1 spiro atoms. The van der Waals surface area contributed by atoms with Crippen LogP contribution in [0.15, 0.2) is 0 Å². The molecule has 1 heterocycles. The summed E-state index contributed by atoms with van der Waals surface area (Å²) in [4.78, 5) is 0. The molecule has 0 unspecified atom stereocenters. The smallest absolute Gasteiger partial charge is 0.0684 e. The van der Waals surface area contributed by atoms with E-state index in [0.29, 0.717) is 6.04 Å². The van der Waals surface area contributed by atoms with E-state index in [1.54, 1.807) is 0 Å². The molecule has 0 radical (unpaired) electrons. The SMILES string of the molecule is NC1CCC2(CCCO2)CC1. The maximum atomic E-state index is 5.83. The fourth-order valence-corrected chi connectivity index (χ4v) is 2.32. The van der Waals surface area contributed by atoms with Gasteiger partial charge in [-0.3, -0.25) is 0 Å². The van der Waals surface area contributed by atoms with Gasteiger partial charge in [-0.1, -0.05) is 0 Å². The summed E-state index contributed by atoms with van der Waals surface area (Å²) in [6.07, 6.45) is 7.28. The normalized spacial score (nSPS) is 45.0. The summed E-state index contributed by atoms with van der Waals surface area (Å²) < 4.78 is 5.77. The summed E-state index contributed by atoms with van der Waals surface area (Å²) in [6, 6.07) is 0.449. The van der Waals surface area contributed by atoms with Crippen molar-refractivity contribution in [3.05, 3.63) is 0 Å². The Kier molecular flexibility index (Phi) is 1.90. The minimum Gasteiger partial charge on any atom is -0.375 e. The van der Waals surface area contributed by atoms with E-state index in [2.05, 4.69) is 0 Å². The Bertz CT molecular complexity index is 130. The van der Waals surface area contributed by atoms with Gasteiger partial charge < -0.3 is 10.5 Å². The lowest BCUT2D eigenvalue weighted by atomic mass is 9.81. The van der Waals surface area contributed by atoms with E-state index in [1.807, 2.05) is 0 Å². The summed E-state index contributed by atoms with van der Waals surface area (Å²) in [5.74, 6) is 0. The van der Waals surface area contributed by atoms with Crippen LogP contribution < -0.4 is 5.73 Å². The lowest BCUT2D eigenvalue weighted by Crippen LogP contribution is -2.38. The number of nitrogens with two attached hydrogens (primary N) is 1. The number of hydrogen-bond donors (Lipinski definition) is 1. The minimum absolute atomic E-state index is 0.274. The molecule has 2 heteroatoms. The Balaban J connectivity index is 1.94. The van der Waals surface area contributed by atoms with Gasteiger partial charge >= 0.3 is 0 Å². The molecule has 1 aliphatic carbocycles. The highest BCUT2D eigenvalue weighted by molar-refractivity contribution is 4.91. The molecular formula is C9H17NO. The third-order valence-corrected chi connectivity index (χ3v) is 3.13. The first-order chi connectivity index (χ1) is 5.31. The van der Waals surface area contributed by atoms with E-state index in [1.165, 1.54) is 38.5 Å². The maximum absolute atomic E-state index is 5.83. The van der Waals surface area contributed by atoms with Gasteiger partial charge in [0.05, 0.1) is 5.60 Å². The Morgan fingerprint density at radius 3 is 2.45 bits per heavy atom. The van der Waals surface area contributed by atoms with E-state index >= 15 is 0 Å². The largest absolute Gasteiger partial charge is 0.375 e. The molecule has 0 aromatic rings. The lowest BCUT2D eigenvalue weighted by Gasteiger charge is -2.35. The highest BCUT2D eigenvalue weighted by Gasteiger charge is 2.37. The molecule has 0 bridgehead atoms. The van der Waals surface area contributed by atoms with Gasteiger partial charge in [0.2, 0.25) is 0 Å². The number of hydrogen-bond acceptors (Lipinski definition) is 2. The van der Waals surface area contributed by atoms with Crippen molar-refractivity contribution in [2.24, 2.45) is 5.73 Å². The maximum Gasteiger partial charge on any atom is 0.0684 e. The first-order valence-electron chi connectivity index (χ1n) is 4.70. The molecule has 2 aliphatic rings. The fourth-order valence-electron chi connectivity index (χ4n) is 2.32. The van der Waals surface area contributed by atoms with Crippen LogP contribution in [0.5, 0.6) is 0 Å². The van der Waals surface area contributed by atoms with Gasteiger partial charge in [-0.05, 0) is 38.5 Å². The zero-order valence-electron chi connectivity index (χ0n) is 7.01. The zero-order valence-corrected chi connectivity index (χ0v) is 7.01. The molecule has 2 fully saturated rings. The van der Waals surface area contributed by atoms with Gasteiger partial charge in [0.25, 0.3) is 0 Å². The van der Waals surface area contributed by atoms with Crippen LogP contribution in [0.2, 0.25) is 0 Å². The summed E-state index contributed by atoms with van der Waals surface area (Å²) in [5, 5.41) is 0. The molecule has 2 N–H and O–H groups in total. The van der Waals surface area contributed by atoms with Crippen LogP contribution in [0.25, 0.3) is 0 Å². The van der Waals surface area contributed by atoms with Crippen LogP contribution in [0.1, 0.15) is 38.5 Å². The predicted octanol–water partition coefficient (Wildman–Crippen LogP) is 1.44. The molecule has 2 rings (SSSR count). The third-order valence-electron chi connectivity index (χ3n) is 3.13. The zero-order chi connectivity index (χ0) is 7.73. The topological polar surface area (TPSA) is 35.2 Å². The van der Waals surface area contributed by atoms with Crippen LogP contribution in [-0.2, 0) is 4.74 Å². The average molecular weight is 155 g/mol. The fraction of sp³-hybridized carbons (Fsp3) is 1.00. The van der Waals surface area contributed by atoms with Crippen molar-refractivity contribution in [2.75, 3.05) is 6.61 Å². The number of ether oxygens (including phenoxy) is 1. The molecule has 1 aliphatic heterocycles. The highest BCUT2D eigenvalue weighted by Crippen LogP contribution is 2.38. The average Bonchev–Trinajstić information content (AvgIpc) is 2.45. The van der Waals surface area contributed by atoms with Crippen molar-refractivity contribution in [1.82, 2.24) is 0 Å². The van der Waals surface area contributed by atoms with Crippen LogP contribution in [0.4, 0.5) is 0 Å². The van der Waals surface area contributed by atoms with Crippen molar-refractivity contribution in [3.63, 3.8) is 0 Å². The highest BCUT2D eigenvalue weighted by atomic mass is 16.5. The standard InChI is InChI=1S/C9H17NO/c10-8-2-5-9(6-3-8)4-1-7-11-9/h8H,1-7,10H2. The molecule has 64 valence electrons. The minimum atomic E-state index is 0.274. The first-order valence-corrected chi connectivity index (χ1v) is 4.70. The molecule has 0 amide bonds. The third kappa shape index (κ3) is 1.42. The van der Waals surface area contributed by atoms with Crippen molar-refractivity contribution in [3.8, 4) is 0 Å². The summed E-state index contributed by atoms with van der Waals surface area (Å²) in [6.45, 7) is 0.981. The van der Waals surface area contributed by atoms with Crippen molar-refractivity contribution in [2.45, 2.75) is 50.2 Å². The van der Waals surface area contributed by atoms with Gasteiger partial charge in [0.15, 0.2) is 0 Å². The van der Waals surface area contributed by atoms with E-state index in [9.17, 15) is 0 Å². The molecular weight excluding hydrogens is 138 g/mol. The molecule has 11 heavy (non-hydrogen) atoms. The second-order valence-corrected chi connectivity index (χ2v) is 3.97. The van der Waals surface area contributed by atoms with E-state index < -0.39 is 0 Å². The molecule has 1 saturated heterocycles. The van der Waals surface area contributed by atoms with Gasteiger partial charge in [-0.15, -0.1) is 0 Å². The Morgan fingerprint density at radius 2 is 1.91 bits per heavy atom. The molecule has 0 aromatic heterocycles. The quantitative estimate of drug-likeness (QED) is 0.574. The Hall–Kier alpha value is -0.0800. The van der Waals surface area contributed by atoms with Crippen LogP contribution in [-0.4, -0.2) is 18.2 Å².